The van der Waals surface area contributed by atoms with Gasteiger partial charge in [-0.05, 0) is 53.2 Å². The molecule has 5 heteroatoms. The van der Waals surface area contributed by atoms with Crippen LogP contribution in [0.5, 0.6) is 0 Å². The maximum atomic E-state index is 6.19. The van der Waals surface area contributed by atoms with Crippen molar-refractivity contribution in [3.63, 3.8) is 0 Å². The van der Waals surface area contributed by atoms with Crippen molar-refractivity contribution in [1.29, 1.82) is 0 Å². The monoisotopic (exact) mass is 813 g/mol. The molecular formula is C44H34IrN3O. The smallest absolute Gasteiger partial charge is 0.501 e. The van der Waals surface area contributed by atoms with Crippen molar-refractivity contribution in [1.82, 2.24) is 15.0 Å². The van der Waals surface area contributed by atoms with Gasteiger partial charge >= 0.3 is 20.1 Å². The number of fused-ring (bicyclic) bond motifs is 3. The quantitative estimate of drug-likeness (QED) is 0.162. The van der Waals surface area contributed by atoms with Crippen LogP contribution in [0.4, 0.5) is 0 Å². The van der Waals surface area contributed by atoms with Gasteiger partial charge in [-0.3, -0.25) is 4.98 Å². The predicted octanol–water partition coefficient (Wildman–Crippen LogP) is 11.3. The molecule has 0 spiro atoms. The second-order valence-electron chi connectivity index (χ2n) is 12.2. The molecule has 8 aromatic rings. The van der Waals surface area contributed by atoms with Gasteiger partial charge in [0.15, 0.2) is 0 Å². The number of aromatic nitrogens is 3. The Labute approximate surface area is 301 Å². The molecule has 0 saturated carbocycles. The van der Waals surface area contributed by atoms with Gasteiger partial charge in [-0.2, -0.15) is 0 Å². The minimum absolute atomic E-state index is 0. The van der Waals surface area contributed by atoms with E-state index in [2.05, 4.69) is 91.4 Å². The summed E-state index contributed by atoms with van der Waals surface area (Å²) in [6, 6.07) is 48.7. The summed E-state index contributed by atoms with van der Waals surface area (Å²) in [5.41, 5.74) is 12.9. The van der Waals surface area contributed by atoms with E-state index in [-0.39, 0.29) is 20.1 Å². The van der Waals surface area contributed by atoms with Crippen LogP contribution in [0.25, 0.3) is 67.0 Å². The molecule has 0 fully saturated rings. The van der Waals surface area contributed by atoms with Gasteiger partial charge < -0.3 is 14.4 Å². The predicted molar refractivity (Wildman–Crippen MR) is 195 cm³/mol. The van der Waals surface area contributed by atoms with E-state index in [4.69, 9.17) is 9.40 Å². The van der Waals surface area contributed by atoms with Crippen LogP contribution < -0.4 is 0 Å². The van der Waals surface area contributed by atoms with Gasteiger partial charge in [0.1, 0.15) is 5.58 Å². The second-order valence-corrected chi connectivity index (χ2v) is 12.2. The second kappa shape index (κ2) is 14.9. The Hall–Kier alpha value is -5.22. The third-order valence-electron chi connectivity index (χ3n) is 8.30. The number of hydrogen-bond acceptors (Lipinski definition) is 4. The number of pyridine rings is 3. The van der Waals surface area contributed by atoms with Crippen LogP contribution in [0.2, 0.25) is 0 Å². The molecule has 0 unspecified atom stereocenters. The summed E-state index contributed by atoms with van der Waals surface area (Å²) >= 11 is 0. The zero-order valence-electron chi connectivity index (χ0n) is 27.8. The molecule has 49 heavy (non-hydrogen) atoms. The van der Waals surface area contributed by atoms with Gasteiger partial charge in [-0.1, -0.05) is 97.4 Å². The van der Waals surface area contributed by atoms with Crippen molar-refractivity contribution >= 4 is 21.9 Å². The molecule has 0 aliphatic rings. The molecule has 4 nitrogen and oxygen atoms in total. The molecule has 0 N–H and O–H groups in total. The minimum Gasteiger partial charge on any atom is -0.501 e. The van der Waals surface area contributed by atoms with E-state index in [1.807, 2.05) is 85.9 Å². The summed E-state index contributed by atoms with van der Waals surface area (Å²) in [4.78, 5) is 13.7. The van der Waals surface area contributed by atoms with Crippen LogP contribution in [0.1, 0.15) is 36.5 Å². The summed E-state index contributed by atoms with van der Waals surface area (Å²) < 4.78 is 6.19. The van der Waals surface area contributed by atoms with Crippen molar-refractivity contribution in [2.75, 3.05) is 0 Å². The minimum atomic E-state index is 0. The Morgan fingerprint density at radius 2 is 1.39 bits per heavy atom. The third kappa shape index (κ3) is 7.44. The van der Waals surface area contributed by atoms with Crippen molar-refractivity contribution < 1.29 is 24.5 Å². The maximum Gasteiger partial charge on any atom is 3.00 e. The van der Waals surface area contributed by atoms with Crippen molar-refractivity contribution in [2.45, 2.75) is 33.6 Å². The fourth-order valence-electron chi connectivity index (χ4n) is 5.61. The first-order valence-corrected chi connectivity index (χ1v) is 16.1. The van der Waals surface area contributed by atoms with Crippen LogP contribution in [-0.2, 0) is 20.1 Å². The molecular weight excluding hydrogens is 779 g/mol. The summed E-state index contributed by atoms with van der Waals surface area (Å²) in [5, 5.41) is 2.26. The van der Waals surface area contributed by atoms with Crippen LogP contribution in [0.3, 0.4) is 0 Å². The molecule has 240 valence electrons. The van der Waals surface area contributed by atoms with E-state index in [9.17, 15) is 0 Å². The van der Waals surface area contributed by atoms with Gasteiger partial charge in [-0.25, -0.2) is 0 Å². The molecule has 0 bridgehead atoms. The van der Waals surface area contributed by atoms with Crippen LogP contribution in [0, 0.1) is 32.0 Å². The normalized spacial score (nSPS) is 10.9. The SMILES string of the molecule is Cc1c[c-]c(-c2cccc(-c3[c-]c(-c4ccccn4)ccc3)n2)cc1.Cc1ccc(-c2[c-]ccc3c2oc2cc(C(C)C)ccc23)nc1.[Ir+3]. The van der Waals surface area contributed by atoms with Crippen molar-refractivity contribution in [2.24, 2.45) is 0 Å². The van der Waals surface area contributed by atoms with Gasteiger partial charge in [0.2, 0.25) is 0 Å². The number of furan rings is 1. The standard InChI is InChI=1S/C23H16N2.C21H18NO.Ir/c1-17-11-13-18(14-12-17)22-9-5-10-23(25-22)20-7-4-6-19(16-20)21-8-2-3-15-24-21;1-13(2)15-8-9-16-17-5-4-6-18(21(17)23-20(16)11-15)19-10-7-14(3)12-22-19;/h2-13,15H,1H3;4-5,7-13H,1-3H3;/q-2;-1;+3. The fourth-order valence-corrected chi connectivity index (χ4v) is 5.61. The summed E-state index contributed by atoms with van der Waals surface area (Å²) in [6.45, 7) is 8.48. The van der Waals surface area contributed by atoms with E-state index in [0.29, 0.717) is 5.92 Å². The van der Waals surface area contributed by atoms with Crippen LogP contribution >= 0.6 is 0 Å². The van der Waals surface area contributed by atoms with Crippen LogP contribution in [-0.4, -0.2) is 15.0 Å². The number of benzene rings is 4. The van der Waals surface area contributed by atoms with E-state index < -0.39 is 0 Å². The molecule has 4 aromatic heterocycles. The largest absolute Gasteiger partial charge is 3.00 e. The van der Waals surface area contributed by atoms with Crippen molar-refractivity contribution in [3.05, 3.63) is 163 Å². The van der Waals surface area contributed by atoms with Crippen LogP contribution in [0.15, 0.2) is 132 Å². The summed E-state index contributed by atoms with van der Waals surface area (Å²) in [6.07, 6.45) is 3.67. The number of nitrogens with zero attached hydrogens (tertiary/aromatic N) is 3. The average molecular weight is 813 g/mol. The van der Waals surface area contributed by atoms with E-state index >= 15 is 0 Å². The Morgan fingerprint density at radius 3 is 2.10 bits per heavy atom. The zero-order valence-corrected chi connectivity index (χ0v) is 30.2. The topological polar surface area (TPSA) is 51.8 Å². The molecule has 8 rings (SSSR count). The fraction of sp³-hybridized carbons (Fsp3) is 0.114. The average Bonchev–Trinajstić information content (AvgIpc) is 3.51. The van der Waals surface area contributed by atoms with Gasteiger partial charge in [0, 0.05) is 23.5 Å². The molecule has 0 amide bonds. The van der Waals surface area contributed by atoms with E-state index in [1.165, 1.54) is 11.1 Å². The Bertz CT molecular complexity index is 2330. The summed E-state index contributed by atoms with van der Waals surface area (Å²) in [5.74, 6) is 0.484. The zero-order chi connectivity index (χ0) is 33.0. The Morgan fingerprint density at radius 1 is 0.633 bits per heavy atom. The van der Waals surface area contributed by atoms with Gasteiger partial charge in [-0.15, -0.1) is 77.9 Å². The number of aryl methyl sites for hydroxylation is 2. The van der Waals surface area contributed by atoms with E-state index in [0.717, 1.165) is 72.5 Å². The van der Waals surface area contributed by atoms with Crippen molar-refractivity contribution in [3.8, 4) is 45.0 Å². The van der Waals surface area contributed by atoms with Gasteiger partial charge in [0.25, 0.3) is 0 Å². The van der Waals surface area contributed by atoms with Gasteiger partial charge in [0.05, 0.1) is 5.58 Å². The molecule has 4 aromatic carbocycles. The first kappa shape index (κ1) is 33.7. The molecule has 0 aliphatic heterocycles. The van der Waals surface area contributed by atoms with E-state index in [1.54, 1.807) is 6.20 Å². The molecule has 0 aliphatic carbocycles. The molecule has 0 radical (unpaired) electrons. The third-order valence-corrected chi connectivity index (χ3v) is 8.30. The maximum absolute atomic E-state index is 6.19. The molecule has 0 atom stereocenters. The number of rotatable bonds is 5. The summed E-state index contributed by atoms with van der Waals surface area (Å²) in [7, 11) is 0. The molecule has 4 heterocycles. The first-order chi connectivity index (χ1) is 23.4. The first-order valence-electron chi connectivity index (χ1n) is 16.1. The molecule has 0 saturated heterocycles. The Kier molecular flexibility index (Phi) is 10.2. The Balaban J connectivity index is 0.000000167. The number of hydrogen-bond donors (Lipinski definition) is 0.